The monoisotopic (exact) mass is 369 g/mol. The predicted molar refractivity (Wildman–Crippen MR) is 105 cm³/mol. The minimum atomic E-state index is -0.481. The zero-order valence-electron chi connectivity index (χ0n) is 15.5. The topological polar surface area (TPSA) is 84.7 Å². The second-order valence-electron chi connectivity index (χ2n) is 6.47. The van der Waals surface area contributed by atoms with Crippen molar-refractivity contribution >= 4 is 23.0 Å². The lowest BCUT2D eigenvalue weighted by molar-refractivity contribution is -0.384. The van der Waals surface area contributed by atoms with Crippen molar-refractivity contribution in [1.82, 2.24) is 0 Å². The van der Waals surface area contributed by atoms with Crippen LogP contribution in [-0.4, -0.2) is 37.1 Å². The summed E-state index contributed by atoms with van der Waals surface area (Å²) in [7, 11) is 0. The van der Waals surface area contributed by atoms with Crippen LogP contribution in [0.1, 0.15) is 28.4 Å². The number of non-ortho nitro benzene ring substituents is 1. The van der Waals surface area contributed by atoms with Gasteiger partial charge in [0, 0.05) is 30.9 Å². The van der Waals surface area contributed by atoms with Crippen LogP contribution < -0.4 is 10.2 Å². The molecule has 0 spiro atoms. The number of benzene rings is 2. The number of para-hydroxylation sites is 1. The number of nitro groups is 1. The number of nitrogens with one attached hydrogen (secondary N) is 1. The average molecular weight is 369 g/mol. The fraction of sp³-hybridized carbons (Fsp3) is 0.350. The van der Waals surface area contributed by atoms with Crippen LogP contribution >= 0.6 is 0 Å². The van der Waals surface area contributed by atoms with E-state index in [9.17, 15) is 14.9 Å². The minimum absolute atomic E-state index is 0.0994. The maximum Gasteiger partial charge on any atom is 0.270 e. The van der Waals surface area contributed by atoms with Crippen LogP contribution in [0.25, 0.3) is 0 Å². The zero-order chi connectivity index (χ0) is 19.4. The summed E-state index contributed by atoms with van der Waals surface area (Å²) < 4.78 is 5.37. The molecule has 1 aliphatic heterocycles. The van der Waals surface area contributed by atoms with Gasteiger partial charge in [-0.2, -0.15) is 0 Å². The summed E-state index contributed by atoms with van der Waals surface area (Å²) in [6.45, 7) is 6.37. The Morgan fingerprint density at radius 2 is 2.00 bits per heavy atom. The van der Waals surface area contributed by atoms with E-state index in [0.717, 1.165) is 23.2 Å². The van der Waals surface area contributed by atoms with Gasteiger partial charge in [0.15, 0.2) is 0 Å². The highest BCUT2D eigenvalue weighted by Crippen LogP contribution is 2.29. The van der Waals surface area contributed by atoms with Crippen molar-refractivity contribution in [3.05, 3.63) is 63.2 Å². The lowest BCUT2D eigenvalue weighted by atomic mass is 10.0. The number of hydrogen-bond donors (Lipinski definition) is 1. The Kier molecular flexibility index (Phi) is 5.71. The van der Waals surface area contributed by atoms with E-state index in [2.05, 4.69) is 5.32 Å². The number of anilines is 2. The third-order valence-corrected chi connectivity index (χ3v) is 4.77. The first-order valence-corrected chi connectivity index (χ1v) is 9.02. The molecule has 0 radical (unpaired) electrons. The molecule has 2 aromatic rings. The van der Waals surface area contributed by atoms with Gasteiger partial charge in [-0.1, -0.05) is 25.1 Å². The molecule has 2 aromatic carbocycles. The van der Waals surface area contributed by atoms with Gasteiger partial charge in [-0.25, -0.2) is 0 Å². The van der Waals surface area contributed by atoms with Gasteiger partial charge < -0.3 is 15.0 Å². The van der Waals surface area contributed by atoms with Gasteiger partial charge in [0.2, 0.25) is 0 Å². The van der Waals surface area contributed by atoms with Crippen LogP contribution in [0.15, 0.2) is 36.4 Å². The molecule has 1 saturated heterocycles. The number of aryl methyl sites for hydroxylation is 2. The fourth-order valence-corrected chi connectivity index (χ4v) is 3.28. The number of amides is 1. The van der Waals surface area contributed by atoms with Crippen molar-refractivity contribution < 1.29 is 14.5 Å². The number of carbonyl (C=O) groups is 1. The van der Waals surface area contributed by atoms with Crippen LogP contribution in [0.4, 0.5) is 17.1 Å². The van der Waals surface area contributed by atoms with Crippen LogP contribution in [0, 0.1) is 17.0 Å². The first-order valence-electron chi connectivity index (χ1n) is 9.02. The lowest BCUT2D eigenvalue weighted by Crippen LogP contribution is -2.37. The largest absolute Gasteiger partial charge is 0.378 e. The van der Waals surface area contributed by atoms with E-state index in [1.165, 1.54) is 12.1 Å². The number of hydrogen-bond acceptors (Lipinski definition) is 5. The molecular formula is C20H23N3O4. The first-order chi connectivity index (χ1) is 13.0. The van der Waals surface area contributed by atoms with Gasteiger partial charge >= 0.3 is 0 Å². The number of morpholine rings is 1. The molecule has 7 heteroatoms. The number of rotatable bonds is 5. The van der Waals surface area contributed by atoms with E-state index >= 15 is 0 Å². The summed E-state index contributed by atoms with van der Waals surface area (Å²) in [5.74, 6) is -0.343. The van der Waals surface area contributed by atoms with Gasteiger partial charge in [-0.3, -0.25) is 14.9 Å². The van der Waals surface area contributed by atoms with Crippen molar-refractivity contribution in [3.63, 3.8) is 0 Å². The highest BCUT2D eigenvalue weighted by atomic mass is 16.6. The number of ether oxygens (including phenoxy) is 1. The van der Waals surface area contributed by atoms with Crippen LogP contribution in [0.5, 0.6) is 0 Å². The van der Waals surface area contributed by atoms with Gasteiger partial charge in [-0.15, -0.1) is 0 Å². The SMILES string of the molecule is CCc1cccc(C)c1NC(=O)c1cc([N+](=O)[O-])ccc1N1CCOCC1. The number of nitro benzene ring substituents is 1. The van der Waals surface area contributed by atoms with E-state index in [0.29, 0.717) is 37.6 Å². The molecule has 1 heterocycles. The highest BCUT2D eigenvalue weighted by Gasteiger charge is 2.23. The molecule has 1 aliphatic rings. The first kappa shape index (κ1) is 18.8. The van der Waals surface area contributed by atoms with E-state index in [1.807, 2.05) is 36.9 Å². The molecule has 1 fully saturated rings. The summed E-state index contributed by atoms with van der Waals surface area (Å²) in [5.41, 5.74) is 3.65. The van der Waals surface area contributed by atoms with Gasteiger partial charge in [0.05, 0.1) is 29.4 Å². The smallest absolute Gasteiger partial charge is 0.270 e. The maximum absolute atomic E-state index is 13.1. The van der Waals surface area contributed by atoms with Gasteiger partial charge in [-0.05, 0) is 30.5 Å². The van der Waals surface area contributed by atoms with E-state index < -0.39 is 4.92 Å². The summed E-state index contributed by atoms with van der Waals surface area (Å²) in [6, 6.07) is 10.3. The second-order valence-corrected chi connectivity index (χ2v) is 6.47. The Labute approximate surface area is 158 Å². The third-order valence-electron chi connectivity index (χ3n) is 4.77. The van der Waals surface area contributed by atoms with Crippen molar-refractivity contribution in [2.75, 3.05) is 36.5 Å². The van der Waals surface area contributed by atoms with Gasteiger partial charge in [0.25, 0.3) is 11.6 Å². The summed E-state index contributed by atoms with van der Waals surface area (Å²) in [4.78, 5) is 25.8. The molecule has 27 heavy (non-hydrogen) atoms. The lowest BCUT2D eigenvalue weighted by Gasteiger charge is -2.30. The molecule has 142 valence electrons. The van der Waals surface area contributed by atoms with Crippen LogP contribution in [0.2, 0.25) is 0 Å². The Bertz CT molecular complexity index is 860. The van der Waals surface area contributed by atoms with E-state index in [1.54, 1.807) is 6.07 Å². The Balaban J connectivity index is 1.99. The standard InChI is InChI=1S/C20H23N3O4/c1-3-15-6-4-5-14(2)19(15)21-20(24)17-13-16(23(25)26)7-8-18(17)22-9-11-27-12-10-22/h4-8,13H,3,9-12H2,1-2H3,(H,21,24). The molecule has 0 atom stereocenters. The molecule has 0 aromatic heterocycles. The molecule has 7 nitrogen and oxygen atoms in total. The number of carbonyl (C=O) groups excluding carboxylic acids is 1. The van der Waals surface area contributed by atoms with E-state index in [-0.39, 0.29) is 11.6 Å². The van der Waals surface area contributed by atoms with Crippen LogP contribution in [0.3, 0.4) is 0 Å². The molecule has 1 N–H and O–H groups in total. The minimum Gasteiger partial charge on any atom is -0.378 e. The molecule has 0 unspecified atom stereocenters. The summed E-state index contributed by atoms with van der Waals surface area (Å²) in [5, 5.41) is 14.2. The third kappa shape index (κ3) is 4.09. The van der Waals surface area contributed by atoms with Crippen molar-refractivity contribution in [1.29, 1.82) is 0 Å². The van der Waals surface area contributed by atoms with Crippen LogP contribution in [-0.2, 0) is 11.2 Å². The molecule has 0 aliphatic carbocycles. The van der Waals surface area contributed by atoms with Crippen molar-refractivity contribution in [3.8, 4) is 0 Å². The number of nitrogens with zero attached hydrogens (tertiary/aromatic N) is 2. The Hall–Kier alpha value is -2.93. The Morgan fingerprint density at radius 1 is 1.26 bits per heavy atom. The molecule has 3 rings (SSSR count). The zero-order valence-corrected chi connectivity index (χ0v) is 15.5. The normalized spacial score (nSPS) is 14.1. The summed E-state index contributed by atoms with van der Waals surface area (Å²) in [6.07, 6.45) is 0.780. The average Bonchev–Trinajstić information content (AvgIpc) is 2.69. The van der Waals surface area contributed by atoms with E-state index in [4.69, 9.17) is 4.74 Å². The molecule has 1 amide bonds. The molecule has 0 bridgehead atoms. The summed E-state index contributed by atoms with van der Waals surface area (Å²) >= 11 is 0. The fourth-order valence-electron chi connectivity index (χ4n) is 3.28. The molecule has 0 saturated carbocycles. The highest BCUT2D eigenvalue weighted by molar-refractivity contribution is 6.09. The Morgan fingerprint density at radius 3 is 2.67 bits per heavy atom. The van der Waals surface area contributed by atoms with Gasteiger partial charge in [0.1, 0.15) is 0 Å². The second kappa shape index (κ2) is 8.18. The van der Waals surface area contributed by atoms with Crippen molar-refractivity contribution in [2.24, 2.45) is 0 Å². The maximum atomic E-state index is 13.1. The quantitative estimate of drug-likeness (QED) is 0.643. The van der Waals surface area contributed by atoms with Crippen molar-refractivity contribution in [2.45, 2.75) is 20.3 Å². The predicted octanol–water partition coefficient (Wildman–Crippen LogP) is 3.55. The molecular weight excluding hydrogens is 346 g/mol.